The maximum absolute atomic E-state index is 12.4. The third kappa shape index (κ3) is 3.94. The molecule has 4 fully saturated rings. The molecular formula is C22H38O4. The normalized spacial score (nSPS) is 34.7. The topological polar surface area (TPSA) is 52.6 Å². The third-order valence-electron chi connectivity index (χ3n) is 7.13. The minimum Gasteiger partial charge on any atom is -0.456 e. The van der Waals surface area contributed by atoms with Crippen molar-refractivity contribution in [1.82, 2.24) is 0 Å². The van der Waals surface area contributed by atoms with Crippen molar-refractivity contribution in [2.45, 2.75) is 92.1 Å². The summed E-state index contributed by atoms with van der Waals surface area (Å²) in [6, 6.07) is 0. The standard InChI is InChI=1S/C20H32O4.C2H6/c1-5-19(3,4)18(22)23-12-17(21)24-20(6-2)15-8-13-7-14(10-15)11-16(20)9-13;1-2/h13-16H,5-12H2,1-4H3;1-2H3. The molecule has 4 nitrogen and oxygen atoms in total. The fraction of sp³-hybridized carbons (Fsp3) is 0.909. The van der Waals surface area contributed by atoms with E-state index in [0.29, 0.717) is 18.3 Å². The molecule has 150 valence electrons. The highest BCUT2D eigenvalue weighted by molar-refractivity contribution is 5.80. The van der Waals surface area contributed by atoms with Crippen molar-refractivity contribution in [2.24, 2.45) is 29.1 Å². The molecule has 4 bridgehead atoms. The van der Waals surface area contributed by atoms with E-state index in [-0.39, 0.29) is 24.1 Å². The fourth-order valence-electron chi connectivity index (χ4n) is 5.50. The Kier molecular flexibility index (Phi) is 6.79. The van der Waals surface area contributed by atoms with E-state index in [0.717, 1.165) is 18.3 Å². The molecule has 4 saturated carbocycles. The Bertz CT molecular complexity index is 480. The van der Waals surface area contributed by atoms with Crippen LogP contribution in [-0.4, -0.2) is 24.1 Å². The molecule has 0 spiro atoms. The van der Waals surface area contributed by atoms with E-state index in [1.807, 2.05) is 34.6 Å². The highest BCUT2D eigenvalue weighted by atomic mass is 16.6. The van der Waals surface area contributed by atoms with Crippen LogP contribution in [0.1, 0.15) is 86.5 Å². The minimum absolute atomic E-state index is 0.254. The SMILES string of the molecule is CC.CCC(C)(C)C(=O)OCC(=O)OC1(CC)C2CC3CC(C2)CC1C3. The molecule has 4 aliphatic carbocycles. The molecule has 0 aromatic heterocycles. The molecule has 4 heteroatoms. The number of hydrogen-bond donors (Lipinski definition) is 0. The maximum Gasteiger partial charge on any atom is 0.344 e. The number of esters is 2. The molecule has 0 amide bonds. The van der Waals surface area contributed by atoms with Crippen LogP contribution in [0.15, 0.2) is 0 Å². The number of carbonyl (C=O) groups excluding carboxylic acids is 2. The Morgan fingerprint density at radius 3 is 1.88 bits per heavy atom. The maximum atomic E-state index is 12.4. The van der Waals surface area contributed by atoms with E-state index in [2.05, 4.69) is 6.92 Å². The monoisotopic (exact) mass is 366 g/mol. The summed E-state index contributed by atoms with van der Waals surface area (Å²) in [4.78, 5) is 24.5. The highest BCUT2D eigenvalue weighted by Gasteiger charge is 2.58. The first kappa shape index (κ1) is 21.2. The molecule has 0 saturated heterocycles. The van der Waals surface area contributed by atoms with E-state index in [9.17, 15) is 9.59 Å². The van der Waals surface area contributed by atoms with E-state index < -0.39 is 5.41 Å². The minimum atomic E-state index is -0.550. The van der Waals surface area contributed by atoms with Crippen LogP contribution in [0.4, 0.5) is 0 Å². The molecule has 0 aliphatic heterocycles. The van der Waals surface area contributed by atoms with Gasteiger partial charge in [0.15, 0.2) is 6.61 Å². The van der Waals surface area contributed by atoms with Gasteiger partial charge in [-0.2, -0.15) is 0 Å². The molecule has 26 heavy (non-hydrogen) atoms. The van der Waals surface area contributed by atoms with Gasteiger partial charge in [-0.15, -0.1) is 0 Å². The molecule has 0 aromatic carbocycles. The van der Waals surface area contributed by atoms with Crippen molar-refractivity contribution in [3.8, 4) is 0 Å². The molecule has 4 rings (SSSR count). The van der Waals surface area contributed by atoms with Crippen LogP contribution in [0.5, 0.6) is 0 Å². The predicted molar refractivity (Wildman–Crippen MR) is 103 cm³/mol. The third-order valence-corrected chi connectivity index (χ3v) is 7.13. The van der Waals surface area contributed by atoms with Gasteiger partial charge >= 0.3 is 11.9 Å². The molecule has 0 radical (unpaired) electrons. The van der Waals surface area contributed by atoms with Crippen LogP contribution >= 0.6 is 0 Å². The Morgan fingerprint density at radius 1 is 0.962 bits per heavy atom. The van der Waals surface area contributed by atoms with E-state index in [4.69, 9.17) is 9.47 Å². The summed E-state index contributed by atoms with van der Waals surface area (Å²) in [5.74, 6) is 2.00. The second kappa shape index (κ2) is 8.31. The average Bonchev–Trinajstić information content (AvgIpc) is 2.63. The Hall–Kier alpha value is -1.06. The van der Waals surface area contributed by atoms with Gasteiger partial charge in [-0.1, -0.05) is 27.7 Å². The Morgan fingerprint density at radius 2 is 1.46 bits per heavy atom. The molecule has 0 atom stereocenters. The zero-order valence-corrected chi connectivity index (χ0v) is 17.6. The van der Waals surface area contributed by atoms with Crippen LogP contribution in [0.2, 0.25) is 0 Å². The predicted octanol–water partition coefficient (Wildman–Crippen LogP) is 5.14. The molecular weight excluding hydrogens is 328 g/mol. The fourth-order valence-corrected chi connectivity index (χ4v) is 5.50. The van der Waals surface area contributed by atoms with Crippen LogP contribution < -0.4 is 0 Å². The first-order valence-electron chi connectivity index (χ1n) is 10.7. The van der Waals surface area contributed by atoms with E-state index in [1.54, 1.807) is 0 Å². The number of rotatable bonds is 6. The number of ether oxygens (including phenoxy) is 2. The molecule has 0 heterocycles. The second-order valence-corrected chi connectivity index (χ2v) is 8.90. The lowest BCUT2D eigenvalue weighted by atomic mass is 9.49. The Balaban J connectivity index is 0.00000117. The molecule has 4 aliphatic rings. The largest absolute Gasteiger partial charge is 0.456 e. The van der Waals surface area contributed by atoms with E-state index in [1.165, 1.54) is 32.1 Å². The van der Waals surface area contributed by atoms with Crippen LogP contribution in [0, 0.1) is 29.1 Å². The van der Waals surface area contributed by atoms with Crippen molar-refractivity contribution in [3.05, 3.63) is 0 Å². The van der Waals surface area contributed by atoms with Crippen molar-refractivity contribution < 1.29 is 19.1 Å². The lowest BCUT2D eigenvalue weighted by molar-refractivity contribution is -0.214. The van der Waals surface area contributed by atoms with Gasteiger partial charge in [0, 0.05) is 0 Å². The highest BCUT2D eigenvalue weighted by Crippen LogP contribution is 2.60. The molecule has 0 N–H and O–H groups in total. The molecule has 0 unspecified atom stereocenters. The van der Waals surface area contributed by atoms with Crippen molar-refractivity contribution >= 4 is 11.9 Å². The lowest BCUT2D eigenvalue weighted by Gasteiger charge is -2.60. The van der Waals surface area contributed by atoms with Crippen molar-refractivity contribution in [1.29, 1.82) is 0 Å². The van der Waals surface area contributed by atoms with Gasteiger partial charge in [-0.05, 0) is 82.5 Å². The summed E-state index contributed by atoms with van der Waals surface area (Å²) in [7, 11) is 0. The summed E-state index contributed by atoms with van der Waals surface area (Å²) >= 11 is 0. The van der Waals surface area contributed by atoms with Gasteiger partial charge in [0.1, 0.15) is 5.60 Å². The van der Waals surface area contributed by atoms with Gasteiger partial charge in [0.25, 0.3) is 0 Å². The van der Waals surface area contributed by atoms with Crippen LogP contribution in [0.3, 0.4) is 0 Å². The Labute approximate surface area is 159 Å². The smallest absolute Gasteiger partial charge is 0.344 e. The summed E-state index contributed by atoms with van der Waals surface area (Å²) in [5, 5.41) is 0. The van der Waals surface area contributed by atoms with Gasteiger partial charge < -0.3 is 9.47 Å². The number of carbonyl (C=O) groups is 2. The summed E-state index contributed by atoms with van der Waals surface area (Å²) in [6.07, 6.45) is 7.76. The van der Waals surface area contributed by atoms with E-state index >= 15 is 0 Å². The first-order valence-corrected chi connectivity index (χ1v) is 10.7. The second-order valence-electron chi connectivity index (χ2n) is 8.90. The lowest BCUT2D eigenvalue weighted by Crippen LogP contribution is -2.59. The van der Waals surface area contributed by atoms with Crippen molar-refractivity contribution in [3.63, 3.8) is 0 Å². The molecule has 0 aromatic rings. The zero-order chi connectivity index (χ0) is 19.5. The van der Waals surface area contributed by atoms with Gasteiger partial charge in [0.2, 0.25) is 0 Å². The summed E-state index contributed by atoms with van der Waals surface area (Å²) in [6.45, 7) is 11.5. The average molecular weight is 367 g/mol. The summed E-state index contributed by atoms with van der Waals surface area (Å²) < 4.78 is 11.3. The zero-order valence-electron chi connectivity index (χ0n) is 17.6. The quantitative estimate of drug-likeness (QED) is 0.611. The summed E-state index contributed by atoms with van der Waals surface area (Å²) in [5.41, 5.74) is -0.859. The first-order chi connectivity index (χ1) is 12.3. The van der Waals surface area contributed by atoms with Crippen molar-refractivity contribution in [2.75, 3.05) is 6.61 Å². The van der Waals surface area contributed by atoms with Gasteiger partial charge in [0.05, 0.1) is 5.41 Å². The van der Waals surface area contributed by atoms with Crippen LogP contribution in [-0.2, 0) is 19.1 Å². The van der Waals surface area contributed by atoms with Crippen LogP contribution in [0.25, 0.3) is 0 Å². The van der Waals surface area contributed by atoms with Gasteiger partial charge in [-0.25, -0.2) is 4.79 Å². The van der Waals surface area contributed by atoms with Gasteiger partial charge in [-0.3, -0.25) is 4.79 Å². The number of hydrogen-bond acceptors (Lipinski definition) is 4.